The molecule has 7 nitrogen and oxygen atoms in total. The number of nitro benzene ring substituents is 1. The summed E-state index contributed by atoms with van der Waals surface area (Å²) in [5.74, 6) is -0.610. The predicted octanol–water partition coefficient (Wildman–Crippen LogP) is 1.35. The molecule has 0 aromatic heterocycles. The van der Waals surface area contributed by atoms with Gasteiger partial charge in [0.05, 0.1) is 23.7 Å². The Bertz CT molecular complexity index is 502. The number of ether oxygens (including phenoxy) is 1. The second-order valence-corrected chi connectivity index (χ2v) is 4.64. The van der Waals surface area contributed by atoms with Crippen LogP contribution in [0.25, 0.3) is 0 Å². The SMILES string of the molecule is COc1c(C(=O)NCC(O)C(C)C)cccc1[N+](=O)[O-]. The van der Waals surface area contributed by atoms with Crippen molar-refractivity contribution in [1.29, 1.82) is 0 Å². The highest BCUT2D eigenvalue weighted by molar-refractivity contribution is 5.98. The van der Waals surface area contributed by atoms with Gasteiger partial charge in [0.2, 0.25) is 5.75 Å². The molecule has 0 bridgehead atoms. The van der Waals surface area contributed by atoms with Crippen molar-refractivity contribution in [2.75, 3.05) is 13.7 Å². The van der Waals surface area contributed by atoms with Crippen LogP contribution >= 0.6 is 0 Å². The Hall–Kier alpha value is -2.15. The van der Waals surface area contributed by atoms with Crippen molar-refractivity contribution in [1.82, 2.24) is 5.32 Å². The Morgan fingerprint density at radius 1 is 1.50 bits per heavy atom. The summed E-state index contributed by atoms with van der Waals surface area (Å²) in [7, 11) is 1.27. The second kappa shape index (κ2) is 6.85. The van der Waals surface area contributed by atoms with Crippen LogP contribution in [0.4, 0.5) is 5.69 Å². The van der Waals surface area contributed by atoms with E-state index in [0.717, 1.165) is 0 Å². The molecule has 0 aliphatic heterocycles. The van der Waals surface area contributed by atoms with E-state index in [0.29, 0.717) is 0 Å². The molecule has 0 heterocycles. The molecule has 2 N–H and O–H groups in total. The zero-order valence-corrected chi connectivity index (χ0v) is 11.6. The quantitative estimate of drug-likeness (QED) is 0.605. The fourth-order valence-corrected chi connectivity index (χ4v) is 1.59. The minimum Gasteiger partial charge on any atom is -0.490 e. The van der Waals surface area contributed by atoms with Crippen molar-refractivity contribution in [3.05, 3.63) is 33.9 Å². The zero-order chi connectivity index (χ0) is 15.3. The molecule has 1 aromatic rings. The first-order chi connectivity index (χ1) is 9.38. The number of carbonyl (C=O) groups excluding carboxylic acids is 1. The molecule has 0 saturated carbocycles. The molecule has 1 aromatic carbocycles. The Labute approximate surface area is 116 Å². The van der Waals surface area contributed by atoms with Crippen LogP contribution in [0, 0.1) is 16.0 Å². The normalized spacial score (nSPS) is 12.1. The van der Waals surface area contributed by atoms with Gasteiger partial charge in [-0.05, 0) is 12.0 Å². The number of nitrogens with one attached hydrogen (secondary N) is 1. The van der Waals surface area contributed by atoms with Gasteiger partial charge in [-0.25, -0.2) is 0 Å². The van der Waals surface area contributed by atoms with Gasteiger partial charge in [-0.2, -0.15) is 0 Å². The van der Waals surface area contributed by atoms with Crippen LogP contribution in [0.1, 0.15) is 24.2 Å². The molecule has 20 heavy (non-hydrogen) atoms. The number of rotatable bonds is 6. The Balaban J connectivity index is 2.93. The van der Waals surface area contributed by atoms with E-state index < -0.39 is 16.9 Å². The van der Waals surface area contributed by atoms with E-state index in [1.165, 1.54) is 25.3 Å². The number of para-hydroxylation sites is 1. The Morgan fingerprint density at radius 2 is 2.15 bits per heavy atom. The molecule has 0 spiro atoms. The highest BCUT2D eigenvalue weighted by Gasteiger charge is 2.22. The number of carbonyl (C=O) groups is 1. The van der Waals surface area contributed by atoms with Gasteiger partial charge in [0.15, 0.2) is 0 Å². The van der Waals surface area contributed by atoms with Crippen LogP contribution in [0.2, 0.25) is 0 Å². The van der Waals surface area contributed by atoms with E-state index >= 15 is 0 Å². The predicted molar refractivity (Wildman–Crippen MR) is 72.8 cm³/mol. The number of amides is 1. The van der Waals surface area contributed by atoms with Crippen molar-refractivity contribution in [3.8, 4) is 5.75 Å². The highest BCUT2D eigenvalue weighted by atomic mass is 16.6. The van der Waals surface area contributed by atoms with Crippen LogP contribution in [-0.4, -0.2) is 35.7 Å². The molecule has 7 heteroatoms. The smallest absolute Gasteiger partial charge is 0.311 e. The van der Waals surface area contributed by atoms with E-state index in [1.807, 2.05) is 13.8 Å². The molecule has 110 valence electrons. The van der Waals surface area contributed by atoms with E-state index in [9.17, 15) is 20.0 Å². The van der Waals surface area contributed by atoms with Gasteiger partial charge >= 0.3 is 5.69 Å². The number of nitro groups is 1. The number of aliphatic hydroxyl groups excluding tert-OH is 1. The van der Waals surface area contributed by atoms with Gasteiger partial charge in [-0.1, -0.05) is 19.9 Å². The molecule has 0 aliphatic carbocycles. The fourth-order valence-electron chi connectivity index (χ4n) is 1.59. The number of methoxy groups -OCH3 is 1. The third-order valence-electron chi connectivity index (χ3n) is 2.88. The minimum atomic E-state index is -0.677. The summed E-state index contributed by atoms with van der Waals surface area (Å²) in [6, 6.07) is 4.11. The molecule has 0 radical (unpaired) electrons. The average Bonchev–Trinajstić information content (AvgIpc) is 2.42. The lowest BCUT2D eigenvalue weighted by Crippen LogP contribution is -2.34. The van der Waals surface area contributed by atoms with E-state index in [1.54, 1.807) is 0 Å². The monoisotopic (exact) mass is 282 g/mol. The van der Waals surface area contributed by atoms with E-state index in [4.69, 9.17) is 4.74 Å². The zero-order valence-electron chi connectivity index (χ0n) is 11.6. The Morgan fingerprint density at radius 3 is 2.65 bits per heavy atom. The van der Waals surface area contributed by atoms with Gasteiger partial charge in [0.25, 0.3) is 5.91 Å². The number of benzene rings is 1. The summed E-state index contributed by atoms with van der Waals surface area (Å²) < 4.78 is 4.95. The molecule has 1 amide bonds. The third kappa shape index (κ3) is 3.67. The van der Waals surface area contributed by atoms with Gasteiger partial charge in [0, 0.05) is 12.6 Å². The van der Waals surface area contributed by atoms with Crippen LogP contribution in [-0.2, 0) is 0 Å². The first-order valence-corrected chi connectivity index (χ1v) is 6.16. The second-order valence-electron chi connectivity index (χ2n) is 4.64. The maximum atomic E-state index is 12.0. The minimum absolute atomic E-state index is 0.00213. The highest BCUT2D eigenvalue weighted by Crippen LogP contribution is 2.30. The van der Waals surface area contributed by atoms with Gasteiger partial charge < -0.3 is 15.2 Å². The van der Waals surface area contributed by atoms with Crippen LogP contribution in [0.5, 0.6) is 5.75 Å². The number of aliphatic hydroxyl groups is 1. The molecule has 1 unspecified atom stereocenters. The van der Waals surface area contributed by atoms with E-state index in [2.05, 4.69) is 5.32 Å². The maximum Gasteiger partial charge on any atom is 0.311 e. The summed E-state index contributed by atoms with van der Waals surface area (Å²) in [6.07, 6.45) is -0.677. The summed E-state index contributed by atoms with van der Waals surface area (Å²) in [6.45, 7) is 3.72. The van der Waals surface area contributed by atoms with Gasteiger partial charge in [-0.3, -0.25) is 14.9 Å². The first-order valence-electron chi connectivity index (χ1n) is 6.16. The van der Waals surface area contributed by atoms with Crippen molar-refractivity contribution in [2.45, 2.75) is 20.0 Å². The first kappa shape index (κ1) is 15.9. The molecular formula is C13H18N2O5. The lowest BCUT2D eigenvalue weighted by molar-refractivity contribution is -0.385. The lowest BCUT2D eigenvalue weighted by atomic mass is 10.1. The summed E-state index contributed by atoms with van der Waals surface area (Å²) in [4.78, 5) is 22.3. The Kier molecular flexibility index (Phi) is 5.45. The molecular weight excluding hydrogens is 264 g/mol. The van der Waals surface area contributed by atoms with Crippen LogP contribution in [0.3, 0.4) is 0 Å². The lowest BCUT2D eigenvalue weighted by Gasteiger charge is -2.15. The molecule has 0 saturated heterocycles. The van der Waals surface area contributed by atoms with E-state index in [-0.39, 0.29) is 29.5 Å². The third-order valence-corrected chi connectivity index (χ3v) is 2.88. The standard InChI is InChI=1S/C13H18N2O5/c1-8(2)11(16)7-14-13(17)9-5-4-6-10(15(18)19)12(9)20-3/h4-6,8,11,16H,7H2,1-3H3,(H,14,17). The van der Waals surface area contributed by atoms with Crippen LogP contribution < -0.4 is 10.1 Å². The summed E-state index contributed by atoms with van der Waals surface area (Å²) in [5, 5.41) is 23.0. The van der Waals surface area contributed by atoms with Crippen molar-refractivity contribution < 1.29 is 19.6 Å². The molecule has 0 aliphatic rings. The molecule has 1 atom stereocenters. The number of hydrogen-bond donors (Lipinski definition) is 2. The van der Waals surface area contributed by atoms with Crippen LogP contribution in [0.15, 0.2) is 18.2 Å². The number of nitrogens with zero attached hydrogens (tertiary/aromatic N) is 1. The topological polar surface area (TPSA) is 102 Å². The largest absolute Gasteiger partial charge is 0.490 e. The van der Waals surface area contributed by atoms with Gasteiger partial charge in [0.1, 0.15) is 0 Å². The van der Waals surface area contributed by atoms with Crippen molar-refractivity contribution in [2.24, 2.45) is 5.92 Å². The molecule has 0 fully saturated rings. The van der Waals surface area contributed by atoms with Crippen molar-refractivity contribution in [3.63, 3.8) is 0 Å². The van der Waals surface area contributed by atoms with Crippen molar-refractivity contribution >= 4 is 11.6 Å². The fraction of sp³-hybridized carbons (Fsp3) is 0.462. The van der Waals surface area contributed by atoms with Gasteiger partial charge in [-0.15, -0.1) is 0 Å². The summed E-state index contributed by atoms with van der Waals surface area (Å²) >= 11 is 0. The number of hydrogen-bond acceptors (Lipinski definition) is 5. The maximum absolute atomic E-state index is 12.0. The summed E-state index contributed by atoms with van der Waals surface area (Å²) in [5.41, 5.74) is -0.206. The average molecular weight is 282 g/mol. The molecule has 1 rings (SSSR count).